The molecule has 1 heterocycles. The minimum atomic E-state index is -0.344. The van der Waals surface area contributed by atoms with Gasteiger partial charge in [0.05, 0.1) is 16.2 Å². The predicted octanol–water partition coefficient (Wildman–Crippen LogP) is 4.43. The number of carbonyl (C=O) groups excluding carboxylic acids is 1. The molecule has 4 rings (SSSR count). The topological polar surface area (TPSA) is 52.0 Å². The Hall–Kier alpha value is -2.66. The summed E-state index contributed by atoms with van der Waals surface area (Å²) in [5.41, 5.74) is 3.92. The fourth-order valence-electron chi connectivity index (χ4n) is 3.70. The van der Waals surface area contributed by atoms with Crippen LogP contribution in [0.5, 0.6) is 0 Å². The first-order valence-corrected chi connectivity index (χ1v) is 10.4. The van der Waals surface area contributed by atoms with Gasteiger partial charge in [-0.3, -0.25) is 14.2 Å². The highest BCUT2D eigenvalue weighted by Gasteiger charge is 2.22. The Labute approximate surface area is 168 Å². The van der Waals surface area contributed by atoms with Crippen molar-refractivity contribution in [2.45, 2.75) is 43.1 Å². The Balaban J connectivity index is 1.67. The van der Waals surface area contributed by atoms with E-state index in [9.17, 15) is 9.59 Å². The molecule has 0 amide bonds. The van der Waals surface area contributed by atoms with Crippen LogP contribution in [-0.2, 0) is 19.4 Å². The van der Waals surface area contributed by atoms with Gasteiger partial charge in [-0.15, -0.1) is 6.58 Å². The van der Waals surface area contributed by atoms with Crippen LogP contribution in [0.15, 0.2) is 65.1 Å². The number of carbonyl (C=O) groups is 1. The quantitative estimate of drug-likeness (QED) is 0.270. The van der Waals surface area contributed by atoms with E-state index in [-0.39, 0.29) is 16.6 Å². The molecular formula is C23H22N2O2S. The van der Waals surface area contributed by atoms with Gasteiger partial charge in [0.2, 0.25) is 0 Å². The molecule has 1 aliphatic rings. The van der Waals surface area contributed by atoms with E-state index < -0.39 is 0 Å². The SMILES string of the molecule is C=CCn1c(S[C@@H](C)C(=O)c2ccc3c(c2)CCC3)nc2ccccc2c1=O. The van der Waals surface area contributed by atoms with Crippen LogP contribution in [0, 0.1) is 0 Å². The summed E-state index contributed by atoms with van der Waals surface area (Å²) < 4.78 is 1.59. The lowest BCUT2D eigenvalue weighted by Gasteiger charge is -2.15. The van der Waals surface area contributed by atoms with E-state index in [1.54, 1.807) is 16.7 Å². The van der Waals surface area contributed by atoms with Crippen LogP contribution in [0.2, 0.25) is 0 Å². The van der Waals surface area contributed by atoms with Gasteiger partial charge in [0, 0.05) is 12.1 Å². The number of nitrogens with zero attached hydrogens (tertiary/aromatic N) is 2. The number of allylic oxidation sites excluding steroid dienone is 1. The van der Waals surface area contributed by atoms with Crippen molar-refractivity contribution in [1.29, 1.82) is 0 Å². The van der Waals surface area contributed by atoms with Gasteiger partial charge in [0.25, 0.3) is 5.56 Å². The molecule has 4 nitrogen and oxygen atoms in total. The van der Waals surface area contributed by atoms with Crippen LogP contribution in [0.1, 0.15) is 34.8 Å². The van der Waals surface area contributed by atoms with E-state index in [4.69, 9.17) is 0 Å². The lowest BCUT2D eigenvalue weighted by Crippen LogP contribution is -2.24. The van der Waals surface area contributed by atoms with Crippen LogP contribution in [0.25, 0.3) is 10.9 Å². The van der Waals surface area contributed by atoms with Gasteiger partial charge in [0.1, 0.15) is 0 Å². The standard InChI is InChI=1S/C23H22N2O2S/c1-3-13-25-22(27)19-9-4-5-10-20(19)24-23(25)28-15(2)21(26)18-12-11-16-7-6-8-17(16)14-18/h3-5,9-12,14-15H,1,6-8,13H2,2H3/t15-/m0/s1. The van der Waals surface area contributed by atoms with E-state index in [1.807, 2.05) is 37.3 Å². The van der Waals surface area contributed by atoms with Gasteiger partial charge in [-0.25, -0.2) is 4.98 Å². The van der Waals surface area contributed by atoms with E-state index in [1.165, 1.54) is 22.9 Å². The first kappa shape index (κ1) is 18.7. The molecule has 3 aromatic rings. The number of aromatic nitrogens is 2. The maximum Gasteiger partial charge on any atom is 0.262 e. The van der Waals surface area contributed by atoms with Crippen molar-refractivity contribution >= 4 is 28.4 Å². The van der Waals surface area contributed by atoms with Crippen molar-refractivity contribution in [2.75, 3.05) is 0 Å². The fourth-order valence-corrected chi connectivity index (χ4v) is 4.69. The molecule has 0 bridgehead atoms. The molecule has 1 aliphatic carbocycles. The molecule has 0 fully saturated rings. The van der Waals surface area contributed by atoms with Crippen LogP contribution < -0.4 is 5.56 Å². The second kappa shape index (κ2) is 7.76. The highest BCUT2D eigenvalue weighted by molar-refractivity contribution is 8.00. The maximum atomic E-state index is 13.0. The lowest BCUT2D eigenvalue weighted by molar-refractivity contribution is 0.0993. The molecule has 28 heavy (non-hydrogen) atoms. The molecule has 1 aromatic heterocycles. The third-order valence-electron chi connectivity index (χ3n) is 5.17. The first-order valence-electron chi connectivity index (χ1n) is 9.51. The second-order valence-electron chi connectivity index (χ2n) is 7.08. The Morgan fingerprint density at radius 1 is 1.25 bits per heavy atom. The largest absolute Gasteiger partial charge is 0.293 e. The summed E-state index contributed by atoms with van der Waals surface area (Å²) in [4.78, 5) is 30.5. The smallest absolute Gasteiger partial charge is 0.262 e. The van der Waals surface area contributed by atoms with Gasteiger partial charge in [0.15, 0.2) is 10.9 Å². The predicted molar refractivity (Wildman–Crippen MR) is 114 cm³/mol. The number of fused-ring (bicyclic) bond motifs is 2. The molecule has 0 spiro atoms. The van der Waals surface area contributed by atoms with Crippen molar-refractivity contribution in [3.8, 4) is 0 Å². The van der Waals surface area contributed by atoms with Crippen molar-refractivity contribution in [2.24, 2.45) is 0 Å². The third-order valence-corrected chi connectivity index (χ3v) is 6.26. The minimum Gasteiger partial charge on any atom is -0.293 e. The molecule has 0 saturated heterocycles. The van der Waals surface area contributed by atoms with Crippen LogP contribution in [0.4, 0.5) is 0 Å². The van der Waals surface area contributed by atoms with Crippen molar-refractivity contribution in [3.63, 3.8) is 0 Å². The molecular weight excluding hydrogens is 368 g/mol. The number of benzene rings is 2. The zero-order chi connectivity index (χ0) is 19.7. The molecule has 0 unspecified atom stereocenters. The number of ketones is 1. The number of thioether (sulfide) groups is 1. The van der Waals surface area contributed by atoms with E-state index in [0.29, 0.717) is 22.6 Å². The number of para-hydroxylation sites is 1. The lowest BCUT2D eigenvalue weighted by atomic mass is 10.0. The maximum absolute atomic E-state index is 13.0. The number of hydrogen-bond donors (Lipinski definition) is 0. The monoisotopic (exact) mass is 390 g/mol. The third kappa shape index (κ3) is 3.42. The van der Waals surface area contributed by atoms with Crippen LogP contribution >= 0.6 is 11.8 Å². The average Bonchev–Trinajstić information content (AvgIpc) is 3.18. The van der Waals surface area contributed by atoms with Gasteiger partial charge >= 0.3 is 0 Å². The van der Waals surface area contributed by atoms with Crippen LogP contribution in [-0.4, -0.2) is 20.6 Å². The summed E-state index contributed by atoms with van der Waals surface area (Å²) in [6.45, 7) is 5.98. The molecule has 1 atom stereocenters. The Morgan fingerprint density at radius 2 is 2.04 bits per heavy atom. The van der Waals surface area contributed by atoms with Crippen molar-refractivity contribution in [3.05, 3.63) is 82.2 Å². The molecule has 5 heteroatoms. The number of rotatable bonds is 6. The molecule has 0 aliphatic heterocycles. The highest BCUT2D eigenvalue weighted by atomic mass is 32.2. The summed E-state index contributed by atoms with van der Waals surface area (Å²) in [7, 11) is 0. The van der Waals surface area contributed by atoms with Crippen LogP contribution in [0.3, 0.4) is 0 Å². The second-order valence-corrected chi connectivity index (χ2v) is 8.39. The summed E-state index contributed by atoms with van der Waals surface area (Å²) in [6, 6.07) is 13.3. The molecule has 0 saturated carbocycles. The Kier molecular flexibility index (Phi) is 5.18. The number of aryl methyl sites for hydroxylation is 2. The van der Waals surface area contributed by atoms with E-state index in [2.05, 4.69) is 17.6 Å². The fraction of sp³-hybridized carbons (Fsp3) is 0.261. The highest BCUT2D eigenvalue weighted by Crippen LogP contribution is 2.28. The molecule has 0 N–H and O–H groups in total. The first-order chi connectivity index (χ1) is 13.6. The summed E-state index contributed by atoms with van der Waals surface area (Å²) in [5.74, 6) is 0.0623. The normalized spacial score (nSPS) is 14.0. The van der Waals surface area contributed by atoms with Crippen molar-refractivity contribution < 1.29 is 4.79 Å². The Bertz CT molecular complexity index is 1130. The summed E-state index contributed by atoms with van der Waals surface area (Å²) in [6.07, 6.45) is 4.98. The Morgan fingerprint density at radius 3 is 2.86 bits per heavy atom. The zero-order valence-corrected chi connectivity index (χ0v) is 16.7. The molecule has 2 aromatic carbocycles. The molecule has 0 radical (unpaired) electrons. The summed E-state index contributed by atoms with van der Waals surface area (Å²) >= 11 is 1.33. The number of hydrogen-bond acceptors (Lipinski definition) is 4. The van der Waals surface area contributed by atoms with E-state index in [0.717, 1.165) is 24.8 Å². The minimum absolute atomic E-state index is 0.0623. The van der Waals surface area contributed by atoms with Gasteiger partial charge in [-0.05, 0) is 55.5 Å². The van der Waals surface area contributed by atoms with Gasteiger partial charge < -0.3 is 0 Å². The molecule has 142 valence electrons. The van der Waals surface area contributed by atoms with Gasteiger partial charge in [-0.2, -0.15) is 0 Å². The average molecular weight is 391 g/mol. The number of Topliss-reactive ketones (excluding diaryl/α,β-unsaturated/α-hetero) is 1. The van der Waals surface area contributed by atoms with E-state index >= 15 is 0 Å². The zero-order valence-electron chi connectivity index (χ0n) is 15.9. The van der Waals surface area contributed by atoms with Crippen molar-refractivity contribution in [1.82, 2.24) is 9.55 Å². The summed E-state index contributed by atoms with van der Waals surface area (Å²) in [5, 5.41) is 0.778. The van der Waals surface area contributed by atoms with Gasteiger partial charge in [-0.1, -0.05) is 42.1 Å².